The summed E-state index contributed by atoms with van der Waals surface area (Å²) in [5.41, 5.74) is 5.41. The monoisotopic (exact) mass is 289 g/mol. The van der Waals surface area contributed by atoms with Crippen LogP contribution in [0.5, 0.6) is 0 Å². The molecular formula is C13H15N5O3. The molecule has 2 aliphatic heterocycles. The van der Waals surface area contributed by atoms with Crippen molar-refractivity contribution in [2.75, 3.05) is 18.8 Å². The van der Waals surface area contributed by atoms with Gasteiger partial charge in [0.05, 0.1) is 5.69 Å². The highest BCUT2D eigenvalue weighted by molar-refractivity contribution is 6.07. The number of nitrogen functional groups attached to an aromatic ring is 1. The van der Waals surface area contributed by atoms with Crippen LogP contribution < -0.4 is 16.4 Å². The molecule has 2 fully saturated rings. The second-order valence-corrected chi connectivity index (χ2v) is 5.22. The zero-order valence-corrected chi connectivity index (χ0v) is 11.3. The molecule has 21 heavy (non-hydrogen) atoms. The van der Waals surface area contributed by atoms with Gasteiger partial charge in [-0.3, -0.25) is 14.9 Å². The smallest absolute Gasteiger partial charge is 0.322 e. The molecule has 0 saturated carbocycles. The Labute approximate surface area is 120 Å². The number of hydrogen-bond acceptors (Lipinski definition) is 5. The molecule has 8 nitrogen and oxygen atoms in total. The number of likely N-dealkylation sites (tertiary alicyclic amines) is 1. The minimum absolute atomic E-state index is 0.216. The largest absolute Gasteiger partial charge is 0.397 e. The number of nitrogens with one attached hydrogen (secondary N) is 2. The average molecular weight is 289 g/mol. The summed E-state index contributed by atoms with van der Waals surface area (Å²) in [6.45, 7) is 0.727. The number of carbonyl (C=O) groups is 3. The molecule has 4 N–H and O–H groups in total. The third kappa shape index (κ3) is 2.18. The Balaban J connectivity index is 1.72. The number of hydrogen-bond donors (Lipinski definition) is 3. The lowest BCUT2D eigenvalue weighted by atomic mass is 9.87. The van der Waals surface area contributed by atoms with Gasteiger partial charge >= 0.3 is 6.03 Å². The molecule has 4 amide bonds. The van der Waals surface area contributed by atoms with E-state index in [1.807, 2.05) is 0 Å². The van der Waals surface area contributed by atoms with E-state index in [1.165, 1.54) is 6.20 Å². The maximum absolute atomic E-state index is 12.4. The van der Waals surface area contributed by atoms with Crippen LogP contribution in [-0.2, 0) is 4.79 Å². The third-order valence-electron chi connectivity index (χ3n) is 3.96. The molecule has 0 bridgehead atoms. The molecule has 1 spiro atoms. The van der Waals surface area contributed by atoms with Gasteiger partial charge in [-0.1, -0.05) is 0 Å². The van der Waals surface area contributed by atoms with E-state index in [9.17, 15) is 14.4 Å². The van der Waals surface area contributed by atoms with E-state index in [2.05, 4.69) is 15.6 Å². The summed E-state index contributed by atoms with van der Waals surface area (Å²) in [4.78, 5) is 41.1. The van der Waals surface area contributed by atoms with Crippen LogP contribution in [0.1, 0.15) is 23.3 Å². The Hall–Kier alpha value is -2.64. The summed E-state index contributed by atoms with van der Waals surface area (Å²) in [5, 5.41) is 4.89. The van der Waals surface area contributed by atoms with Crippen molar-refractivity contribution >= 4 is 23.5 Å². The van der Waals surface area contributed by atoms with Crippen molar-refractivity contribution in [3.05, 3.63) is 24.0 Å². The minimum Gasteiger partial charge on any atom is -0.397 e. The van der Waals surface area contributed by atoms with Gasteiger partial charge in [0, 0.05) is 19.3 Å². The molecule has 0 unspecified atom stereocenters. The predicted molar refractivity (Wildman–Crippen MR) is 73.2 cm³/mol. The lowest BCUT2D eigenvalue weighted by Gasteiger charge is -2.36. The number of nitrogens with zero attached hydrogens (tertiary/aromatic N) is 2. The van der Waals surface area contributed by atoms with Gasteiger partial charge in [-0.2, -0.15) is 0 Å². The van der Waals surface area contributed by atoms with Gasteiger partial charge in [-0.25, -0.2) is 9.78 Å². The van der Waals surface area contributed by atoms with Crippen molar-refractivity contribution in [3.8, 4) is 0 Å². The Kier molecular flexibility index (Phi) is 3.00. The quantitative estimate of drug-likeness (QED) is 0.601. The number of piperidine rings is 1. The number of amides is 4. The number of urea groups is 1. The second-order valence-electron chi connectivity index (χ2n) is 5.22. The van der Waals surface area contributed by atoms with Crippen LogP contribution in [0.25, 0.3) is 0 Å². The molecular weight excluding hydrogens is 274 g/mol. The average Bonchev–Trinajstić information content (AvgIpc) is 2.74. The van der Waals surface area contributed by atoms with Crippen molar-refractivity contribution in [2.45, 2.75) is 18.4 Å². The zero-order valence-electron chi connectivity index (χ0n) is 11.3. The van der Waals surface area contributed by atoms with Crippen LogP contribution in [0.15, 0.2) is 18.3 Å². The van der Waals surface area contributed by atoms with Gasteiger partial charge in [0.25, 0.3) is 11.8 Å². The minimum atomic E-state index is -0.885. The van der Waals surface area contributed by atoms with Crippen LogP contribution in [0.2, 0.25) is 0 Å². The first kappa shape index (κ1) is 13.3. The van der Waals surface area contributed by atoms with Gasteiger partial charge in [-0.05, 0) is 25.0 Å². The van der Waals surface area contributed by atoms with Crippen LogP contribution in [0.4, 0.5) is 10.5 Å². The van der Waals surface area contributed by atoms with E-state index >= 15 is 0 Å². The number of pyridine rings is 1. The van der Waals surface area contributed by atoms with Gasteiger partial charge in [0.15, 0.2) is 5.69 Å². The fourth-order valence-corrected chi connectivity index (χ4v) is 2.72. The highest BCUT2D eigenvalue weighted by Crippen LogP contribution is 2.26. The fourth-order valence-electron chi connectivity index (χ4n) is 2.72. The molecule has 8 heteroatoms. The molecule has 0 atom stereocenters. The predicted octanol–water partition coefficient (Wildman–Crippen LogP) is -0.522. The number of carbonyl (C=O) groups excluding carboxylic acids is 3. The van der Waals surface area contributed by atoms with Gasteiger partial charge in [-0.15, -0.1) is 0 Å². The fraction of sp³-hybridized carbons (Fsp3) is 0.385. The standard InChI is InChI=1S/C13H15N5O3/c14-8-2-1-5-15-9(8)10(19)18-6-3-13(4-7-18)11(20)16-12(21)17-13/h1-2,5H,3-4,6-7,14H2,(H2,16,17,20,21). The van der Waals surface area contributed by atoms with E-state index < -0.39 is 11.6 Å². The van der Waals surface area contributed by atoms with Gasteiger partial charge < -0.3 is 16.0 Å². The third-order valence-corrected chi connectivity index (χ3v) is 3.96. The van der Waals surface area contributed by atoms with E-state index in [0.717, 1.165) is 0 Å². The van der Waals surface area contributed by atoms with Crippen LogP contribution >= 0.6 is 0 Å². The molecule has 2 saturated heterocycles. The summed E-state index contributed by atoms with van der Waals surface area (Å²) < 4.78 is 0. The van der Waals surface area contributed by atoms with Crippen molar-refractivity contribution in [1.29, 1.82) is 0 Å². The number of aromatic nitrogens is 1. The first-order chi connectivity index (χ1) is 10.0. The maximum atomic E-state index is 12.4. The zero-order chi connectivity index (χ0) is 15.0. The molecule has 0 aliphatic carbocycles. The SMILES string of the molecule is Nc1cccnc1C(=O)N1CCC2(CC1)NC(=O)NC2=O. The lowest BCUT2D eigenvalue weighted by molar-refractivity contribution is -0.125. The highest BCUT2D eigenvalue weighted by atomic mass is 16.2. The summed E-state index contributed by atoms with van der Waals surface area (Å²) in [7, 11) is 0. The molecule has 1 aromatic rings. The maximum Gasteiger partial charge on any atom is 0.322 e. The number of nitrogens with two attached hydrogens (primary N) is 1. The summed E-state index contributed by atoms with van der Waals surface area (Å²) in [5.74, 6) is -0.579. The second kappa shape index (κ2) is 4.72. The van der Waals surface area contributed by atoms with Crippen molar-refractivity contribution in [1.82, 2.24) is 20.5 Å². The number of rotatable bonds is 1. The molecule has 1 aromatic heterocycles. The summed E-state index contributed by atoms with van der Waals surface area (Å²) in [6.07, 6.45) is 2.27. The number of anilines is 1. The summed E-state index contributed by atoms with van der Waals surface area (Å²) in [6, 6.07) is 2.81. The van der Waals surface area contributed by atoms with E-state index in [0.29, 0.717) is 31.6 Å². The molecule has 110 valence electrons. The van der Waals surface area contributed by atoms with Gasteiger partial charge in [0.1, 0.15) is 5.54 Å². The first-order valence-corrected chi connectivity index (χ1v) is 6.65. The Morgan fingerprint density at radius 1 is 1.33 bits per heavy atom. The lowest BCUT2D eigenvalue weighted by Crippen LogP contribution is -2.55. The number of imide groups is 1. The van der Waals surface area contributed by atoms with Gasteiger partial charge in [0.2, 0.25) is 0 Å². The van der Waals surface area contributed by atoms with E-state index in [4.69, 9.17) is 5.73 Å². The van der Waals surface area contributed by atoms with Crippen LogP contribution in [0, 0.1) is 0 Å². The highest BCUT2D eigenvalue weighted by Gasteiger charge is 2.48. The molecule has 2 aliphatic rings. The van der Waals surface area contributed by atoms with Crippen molar-refractivity contribution in [3.63, 3.8) is 0 Å². The van der Waals surface area contributed by atoms with Crippen molar-refractivity contribution < 1.29 is 14.4 Å². The van der Waals surface area contributed by atoms with E-state index in [-0.39, 0.29) is 17.5 Å². The van der Waals surface area contributed by atoms with E-state index in [1.54, 1.807) is 17.0 Å². The first-order valence-electron chi connectivity index (χ1n) is 6.65. The topological polar surface area (TPSA) is 117 Å². The van der Waals surface area contributed by atoms with Crippen molar-refractivity contribution in [2.24, 2.45) is 0 Å². The van der Waals surface area contributed by atoms with Crippen LogP contribution in [-0.4, -0.2) is 46.4 Å². The Morgan fingerprint density at radius 2 is 2.05 bits per heavy atom. The molecule has 0 aromatic carbocycles. The molecule has 3 rings (SSSR count). The Bertz CT molecular complexity index is 622. The summed E-state index contributed by atoms with van der Waals surface area (Å²) >= 11 is 0. The molecule has 0 radical (unpaired) electrons. The molecule has 3 heterocycles. The van der Waals surface area contributed by atoms with Crippen LogP contribution in [0.3, 0.4) is 0 Å². The normalized spacial score (nSPS) is 20.3. The Morgan fingerprint density at radius 3 is 2.62 bits per heavy atom.